The van der Waals surface area contributed by atoms with Gasteiger partial charge in [0.25, 0.3) is 0 Å². The maximum absolute atomic E-state index is 11.9. The Bertz CT molecular complexity index is 617. The van der Waals surface area contributed by atoms with E-state index in [1.807, 2.05) is 13.0 Å². The molecule has 0 bridgehead atoms. The highest BCUT2D eigenvalue weighted by atomic mass is 16.5. The molecular weight excluding hydrogens is 346 g/mol. The number of nitrogens with one attached hydrogen (secondary N) is 2. The lowest BCUT2D eigenvalue weighted by molar-refractivity contribution is 0.0258. The van der Waals surface area contributed by atoms with Crippen molar-refractivity contribution in [1.82, 2.24) is 10.6 Å². The quantitative estimate of drug-likeness (QED) is 0.369. The number of aliphatic imine (C=N–C) groups is 1. The molecule has 27 heavy (non-hydrogen) atoms. The van der Waals surface area contributed by atoms with Crippen molar-refractivity contribution < 1.29 is 19.0 Å². The van der Waals surface area contributed by atoms with Gasteiger partial charge in [-0.1, -0.05) is 19.9 Å². The zero-order chi connectivity index (χ0) is 20.2. The van der Waals surface area contributed by atoms with E-state index in [0.717, 1.165) is 25.1 Å². The Labute approximate surface area is 162 Å². The van der Waals surface area contributed by atoms with Crippen LogP contribution in [0.15, 0.2) is 23.2 Å². The third kappa shape index (κ3) is 7.46. The molecule has 7 heteroatoms. The summed E-state index contributed by atoms with van der Waals surface area (Å²) in [6.07, 6.45) is 1.13. The highest BCUT2D eigenvalue weighted by Gasteiger charge is 2.14. The molecule has 0 saturated carbocycles. The Balaban J connectivity index is 2.61. The molecule has 0 saturated heterocycles. The van der Waals surface area contributed by atoms with E-state index >= 15 is 0 Å². The summed E-state index contributed by atoms with van der Waals surface area (Å²) in [5.41, 5.74) is 1.33. The average molecular weight is 380 g/mol. The number of ether oxygens (including phenoxy) is 3. The van der Waals surface area contributed by atoms with Crippen molar-refractivity contribution in [1.29, 1.82) is 0 Å². The summed E-state index contributed by atoms with van der Waals surface area (Å²) in [5.74, 6) is 1.23. The molecule has 1 aromatic carbocycles. The van der Waals surface area contributed by atoms with Gasteiger partial charge in [0, 0.05) is 26.7 Å². The second kappa shape index (κ2) is 12.2. The molecule has 0 heterocycles. The summed E-state index contributed by atoms with van der Waals surface area (Å²) in [7, 11) is 4.61. The number of rotatable bonds is 10. The van der Waals surface area contributed by atoms with Crippen molar-refractivity contribution in [2.24, 2.45) is 10.9 Å². The van der Waals surface area contributed by atoms with Crippen LogP contribution < -0.4 is 15.4 Å². The average Bonchev–Trinajstić information content (AvgIpc) is 2.68. The monoisotopic (exact) mass is 379 g/mol. The highest BCUT2D eigenvalue weighted by Crippen LogP contribution is 2.20. The molecule has 0 fully saturated rings. The van der Waals surface area contributed by atoms with Gasteiger partial charge in [0.15, 0.2) is 5.96 Å². The molecule has 0 aliphatic carbocycles. The zero-order valence-corrected chi connectivity index (χ0v) is 17.3. The molecule has 0 radical (unpaired) electrons. The van der Waals surface area contributed by atoms with Crippen LogP contribution in [0.25, 0.3) is 0 Å². The second-order valence-electron chi connectivity index (χ2n) is 6.41. The van der Waals surface area contributed by atoms with Crippen molar-refractivity contribution in [3.63, 3.8) is 0 Å². The molecule has 1 unspecified atom stereocenters. The first-order valence-electron chi connectivity index (χ1n) is 9.28. The summed E-state index contributed by atoms with van der Waals surface area (Å²) in [6.45, 7) is 8.34. The second-order valence-corrected chi connectivity index (χ2v) is 6.41. The molecule has 1 aromatic rings. The van der Waals surface area contributed by atoms with Crippen molar-refractivity contribution in [3.05, 3.63) is 29.3 Å². The number of nitrogens with zero attached hydrogens (tertiary/aromatic N) is 1. The minimum atomic E-state index is -0.424. The van der Waals surface area contributed by atoms with E-state index in [1.165, 1.54) is 14.2 Å². The maximum atomic E-state index is 11.9. The van der Waals surface area contributed by atoms with E-state index in [2.05, 4.69) is 29.5 Å². The van der Waals surface area contributed by atoms with Crippen molar-refractivity contribution in [3.8, 4) is 5.75 Å². The number of hydrogen-bond donors (Lipinski definition) is 2. The molecule has 2 N–H and O–H groups in total. The van der Waals surface area contributed by atoms with E-state index in [0.29, 0.717) is 29.7 Å². The third-order valence-corrected chi connectivity index (χ3v) is 4.20. The van der Waals surface area contributed by atoms with E-state index in [-0.39, 0.29) is 6.10 Å². The third-order valence-electron chi connectivity index (χ3n) is 4.20. The lowest BCUT2D eigenvalue weighted by Crippen LogP contribution is -2.39. The Morgan fingerprint density at radius 1 is 1.22 bits per heavy atom. The number of esters is 1. The largest absolute Gasteiger partial charge is 0.496 e. The van der Waals surface area contributed by atoms with Gasteiger partial charge in [-0.3, -0.25) is 4.99 Å². The summed E-state index contributed by atoms with van der Waals surface area (Å²) in [5, 5.41) is 6.54. The minimum absolute atomic E-state index is 0.227. The molecule has 152 valence electrons. The molecule has 1 atom stereocenters. The number of carbonyl (C=O) groups is 1. The first-order valence-corrected chi connectivity index (χ1v) is 9.28. The van der Waals surface area contributed by atoms with Crippen LogP contribution in [-0.2, 0) is 16.0 Å². The Morgan fingerprint density at radius 3 is 2.52 bits per heavy atom. The lowest BCUT2D eigenvalue weighted by atomic mass is 10.0. The van der Waals surface area contributed by atoms with Crippen LogP contribution in [0.2, 0.25) is 0 Å². The summed E-state index contributed by atoms with van der Waals surface area (Å²) in [4.78, 5) is 16.1. The lowest BCUT2D eigenvalue weighted by Gasteiger charge is -2.21. The smallest absolute Gasteiger partial charge is 0.341 e. The Kier molecular flexibility index (Phi) is 10.3. The summed E-state index contributed by atoms with van der Waals surface area (Å²) >= 11 is 0. The van der Waals surface area contributed by atoms with Crippen molar-refractivity contribution in [2.45, 2.75) is 39.8 Å². The zero-order valence-electron chi connectivity index (χ0n) is 17.3. The van der Waals surface area contributed by atoms with Gasteiger partial charge in [-0.05, 0) is 37.0 Å². The molecule has 0 spiro atoms. The van der Waals surface area contributed by atoms with Crippen LogP contribution in [0, 0.1) is 5.92 Å². The number of benzene rings is 1. The standard InChI is InChI=1S/C20H33N3O4/c1-7-27-17(14(2)3)10-11-22-20(21-4)23-13-15-8-9-18(25-5)16(12-15)19(24)26-6/h8-9,12,14,17H,7,10-11,13H2,1-6H3,(H2,21,22,23). The number of carbonyl (C=O) groups excluding carboxylic acids is 1. The highest BCUT2D eigenvalue weighted by molar-refractivity contribution is 5.92. The van der Waals surface area contributed by atoms with Gasteiger partial charge in [0.2, 0.25) is 0 Å². The van der Waals surface area contributed by atoms with Crippen LogP contribution >= 0.6 is 0 Å². The fraction of sp³-hybridized carbons (Fsp3) is 0.600. The minimum Gasteiger partial charge on any atom is -0.496 e. The van der Waals surface area contributed by atoms with Crippen LogP contribution in [0.5, 0.6) is 5.75 Å². The van der Waals surface area contributed by atoms with Gasteiger partial charge in [0.05, 0.1) is 20.3 Å². The van der Waals surface area contributed by atoms with Gasteiger partial charge >= 0.3 is 5.97 Å². The van der Waals surface area contributed by atoms with Gasteiger partial charge in [-0.15, -0.1) is 0 Å². The predicted octanol–water partition coefficient (Wildman–Crippen LogP) is 2.60. The van der Waals surface area contributed by atoms with Crippen LogP contribution in [-0.4, -0.2) is 52.5 Å². The van der Waals surface area contributed by atoms with Crippen LogP contribution in [0.3, 0.4) is 0 Å². The Morgan fingerprint density at radius 2 is 1.96 bits per heavy atom. The predicted molar refractivity (Wildman–Crippen MR) is 107 cm³/mol. The molecule has 1 rings (SSSR count). The topological polar surface area (TPSA) is 81.2 Å². The first-order chi connectivity index (χ1) is 13.0. The van der Waals surface area contributed by atoms with Gasteiger partial charge < -0.3 is 24.8 Å². The van der Waals surface area contributed by atoms with E-state index in [4.69, 9.17) is 14.2 Å². The van der Waals surface area contributed by atoms with E-state index < -0.39 is 5.97 Å². The van der Waals surface area contributed by atoms with Crippen LogP contribution in [0.1, 0.15) is 43.1 Å². The normalized spacial score (nSPS) is 12.6. The summed E-state index contributed by atoms with van der Waals surface area (Å²) in [6, 6.07) is 5.42. The molecule has 0 aliphatic rings. The summed E-state index contributed by atoms with van der Waals surface area (Å²) < 4.78 is 15.8. The first kappa shape index (κ1) is 22.8. The maximum Gasteiger partial charge on any atom is 0.341 e. The molecule has 0 aromatic heterocycles. The Hall–Kier alpha value is -2.28. The number of hydrogen-bond acceptors (Lipinski definition) is 5. The molecule has 0 amide bonds. The molecular formula is C20H33N3O4. The van der Waals surface area contributed by atoms with E-state index in [9.17, 15) is 4.79 Å². The molecule has 7 nitrogen and oxygen atoms in total. The number of methoxy groups -OCH3 is 2. The van der Waals surface area contributed by atoms with Gasteiger partial charge in [-0.25, -0.2) is 4.79 Å². The van der Waals surface area contributed by atoms with Crippen LogP contribution in [0.4, 0.5) is 0 Å². The van der Waals surface area contributed by atoms with Gasteiger partial charge in [-0.2, -0.15) is 0 Å². The number of guanidine groups is 1. The van der Waals surface area contributed by atoms with E-state index in [1.54, 1.807) is 19.2 Å². The molecule has 0 aliphatic heterocycles. The van der Waals surface area contributed by atoms with Crippen molar-refractivity contribution >= 4 is 11.9 Å². The van der Waals surface area contributed by atoms with Crippen molar-refractivity contribution in [2.75, 3.05) is 34.4 Å². The SMILES string of the molecule is CCOC(CCNC(=NC)NCc1ccc(OC)c(C(=O)OC)c1)C(C)C. The fourth-order valence-corrected chi connectivity index (χ4v) is 2.70. The van der Waals surface area contributed by atoms with Gasteiger partial charge in [0.1, 0.15) is 11.3 Å². The fourth-order valence-electron chi connectivity index (χ4n) is 2.70.